The van der Waals surface area contributed by atoms with Crippen LogP contribution in [0.4, 0.5) is 0 Å². The third-order valence-corrected chi connectivity index (χ3v) is 3.22. The van der Waals surface area contributed by atoms with Gasteiger partial charge in [0.15, 0.2) is 0 Å². The van der Waals surface area contributed by atoms with Gasteiger partial charge >= 0.3 is 0 Å². The molecule has 26 heavy (non-hydrogen) atoms. The number of rotatable bonds is 8. The van der Waals surface area contributed by atoms with Crippen molar-refractivity contribution in [2.24, 2.45) is 5.92 Å². The molecular weight excluding hydrogens is 324 g/mol. The summed E-state index contributed by atoms with van der Waals surface area (Å²) in [6.45, 7) is 19.7. The molecule has 154 valence electrons. The number of ether oxygens (including phenoxy) is 1. The highest BCUT2D eigenvalue weighted by Gasteiger charge is 1.92. The van der Waals surface area contributed by atoms with Crippen molar-refractivity contribution < 1.29 is 14.3 Å². The van der Waals surface area contributed by atoms with Crippen molar-refractivity contribution in [3.8, 4) is 5.75 Å². The summed E-state index contributed by atoms with van der Waals surface area (Å²) in [5.41, 5.74) is 1.27. The van der Waals surface area contributed by atoms with Crippen molar-refractivity contribution in [1.29, 1.82) is 0 Å². The number of carbonyl (C=O) groups is 2. The van der Waals surface area contributed by atoms with Crippen LogP contribution < -0.4 is 4.74 Å². The van der Waals surface area contributed by atoms with E-state index in [9.17, 15) is 0 Å². The molecule has 0 saturated heterocycles. The molecule has 3 heteroatoms. The molecule has 0 heterocycles. The number of carbonyl (C=O) groups excluding carboxylic acids is 2. The van der Waals surface area contributed by atoms with Crippen LogP contribution in [0.3, 0.4) is 0 Å². The fraction of sp³-hybridized carbons (Fsp3) is 0.652. The van der Waals surface area contributed by atoms with E-state index in [1.165, 1.54) is 44.1 Å². The van der Waals surface area contributed by atoms with Gasteiger partial charge in [0.05, 0.1) is 6.61 Å². The lowest BCUT2D eigenvalue weighted by molar-refractivity contribution is -0.0987. The first-order valence-electron chi connectivity index (χ1n) is 9.87. The van der Waals surface area contributed by atoms with Gasteiger partial charge in [-0.3, -0.25) is 0 Å². The molecule has 0 spiro atoms. The van der Waals surface area contributed by atoms with E-state index < -0.39 is 0 Å². The molecule has 1 aromatic carbocycles. The van der Waals surface area contributed by atoms with Crippen LogP contribution in [0.15, 0.2) is 24.3 Å². The van der Waals surface area contributed by atoms with Crippen LogP contribution in [0, 0.1) is 12.8 Å². The summed E-state index contributed by atoms with van der Waals surface area (Å²) < 4.78 is 5.26. The number of unbranched alkanes of at least 4 members (excludes halogenated alkanes) is 4. The Morgan fingerprint density at radius 2 is 1.31 bits per heavy atom. The Bertz CT molecular complexity index is 332. The molecule has 0 fully saturated rings. The normalized spacial score (nSPS) is 8.31. The predicted molar refractivity (Wildman–Crippen MR) is 116 cm³/mol. The predicted octanol–water partition coefficient (Wildman–Crippen LogP) is 7.05. The lowest BCUT2D eigenvalue weighted by Gasteiger charge is -2.02. The molecule has 1 aromatic rings. The number of benzene rings is 1. The van der Waals surface area contributed by atoms with Crippen LogP contribution in [0.1, 0.15) is 85.6 Å². The van der Waals surface area contributed by atoms with Crippen molar-refractivity contribution in [3.63, 3.8) is 0 Å². The van der Waals surface area contributed by atoms with E-state index in [0.29, 0.717) is 0 Å². The zero-order chi connectivity index (χ0) is 21.2. The molecule has 0 radical (unpaired) electrons. The zero-order valence-corrected chi connectivity index (χ0v) is 18.5. The Morgan fingerprint density at radius 1 is 0.846 bits per heavy atom. The number of hydrogen-bond donors (Lipinski definition) is 0. The first kappa shape index (κ1) is 32.1. The lowest BCUT2D eigenvalue weighted by Crippen LogP contribution is -1.90. The summed E-state index contributed by atoms with van der Waals surface area (Å²) in [5.74, 6) is 1.86. The first-order valence-corrected chi connectivity index (χ1v) is 9.87. The molecule has 0 N–H and O–H groups in total. The highest BCUT2D eigenvalue weighted by Crippen LogP contribution is 2.11. The van der Waals surface area contributed by atoms with Crippen LogP contribution in [-0.2, 0) is 9.59 Å². The Hall–Kier alpha value is -1.64. The molecule has 0 aliphatic rings. The molecule has 1 rings (SSSR count). The zero-order valence-electron chi connectivity index (χ0n) is 18.5. The molecule has 3 nitrogen and oxygen atoms in total. The fourth-order valence-electron chi connectivity index (χ4n) is 1.96. The second kappa shape index (κ2) is 31.2. The maximum atomic E-state index is 8.00. The second-order valence-corrected chi connectivity index (χ2v) is 5.84. The van der Waals surface area contributed by atoms with Gasteiger partial charge in [0, 0.05) is 0 Å². The molecule has 0 bridgehead atoms. The standard InChI is InChI=1S/C10H22.C9H12O.C2H6.2CH2O/c1-4-5-6-7-8-9-10(2)3;1-3-10-9-6-4-8(2)5-7-9;3*1-2/h10H,4-9H2,1-3H3;4-7H,3H2,1-2H3;1-2H3;2*1H2. The highest BCUT2D eigenvalue weighted by molar-refractivity contribution is 5.26. The maximum Gasteiger partial charge on any atom is 0.119 e. The van der Waals surface area contributed by atoms with Crippen molar-refractivity contribution in [3.05, 3.63) is 29.8 Å². The van der Waals surface area contributed by atoms with E-state index in [1.54, 1.807) is 0 Å². The van der Waals surface area contributed by atoms with Gasteiger partial charge in [0.2, 0.25) is 0 Å². The number of aryl methyl sites for hydroxylation is 1. The van der Waals surface area contributed by atoms with E-state index >= 15 is 0 Å². The third kappa shape index (κ3) is 30.3. The van der Waals surface area contributed by atoms with E-state index in [2.05, 4.69) is 27.7 Å². The van der Waals surface area contributed by atoms with Crippen molar-refractivity contribution in [1.82, 2.24) is 0 Å². The number of hydrogen-bond acceptors (Lipinski definition) is 3. The molecule has 0 amide bonds. The summed E-state index contributed by atoms with van der Waals surface area (Å²) in [7, 11) is 0. The van der Waals surface area contributed by atoms with Crippen LogP contribution in [-0.4, -0.2) is 20.2 Å². The molecule has 0 aromatic heterocycles. The molecule has 0 aliphatic heterocycles. The average Bonchev–Trinajstić information content (AvgIpc) is 2.69. The highest BCUT2D eigenvalue weighted by atomic mass is 16.5. The third-order valence-electron chi connectivity index (χ3n) is 3.22. The summed E-state index contributed by atoms with van der Waals surface area (Å²) in [6.07, 6.45) is 8.55. The molecule has 0 unspecified atom stereocenters. The van der Waals surface area contributed by atoms with Crippen LogP contribution in [0.2, 0.25) is 0 Å². The Morgan fingerprint density at radius 3 is 1.69 bits per heavy atom. The lowest BCUT2D eigenvalue weighted by atomic mass is 10.0. The van der Waals surface area contributed by atoms with Crippen LogP contribution in [0.5, 0.6) is 5.75 Å². The minimum Gasteiger partial charge on any atom is -0.494 e. The average molecular weight is 369 g/mol. The van der Waals surface area contributed by atoms with Crippen LogP contribution in [0.25, 0.3) is 0 Å². The SMILES string of the molecule is C=O.C=O.CC.CCCCCCCC(C)C.CCOc1ccc(C)cc1. The topological polar surface area (TPSA) is 43.4 Å². The Kier molecular flexibility index (Phi) is 38.4. The van der Waals surface area contributed by atoms with Gasteiger partial charge in [-0.15, -0.1) is 0 Å². The monoisotopic (exact) mass is 368 g/mol. The molecular formula is C23H44O3. The second-order valence-electron chi connectivity index (χ2n) is 5.84. The largest absolute Gasteiger partial charge is 0.494 e. The summed E-state index contributed by atoms with van der Waals surface area (Å²) in [4.78, 5) is 16.0. The van der Waals surface area contributed by atoms with Gasteiger partial charge in [-0.1, -0.05) is 90.8 Å². The minimum atomic E-state index is 0.739. The van der Waals surface area contributed by atoms with Crippen LogP contribution >= 0.6 is 0 Å². The molecule has 0 atom stereocenters. The molecule has 0 aliphatic carbocycles. The smallest absolute Gasteiger partial charge is 0.119 e. The van der Waals surface area contributed by atoms with Gasteiger partial charge in [-0.25, -0.2) is 0 Å². The fourth-order valence-corrected chi connectivity index (χ4v) is 1.96. The van der Waals surface area contributed by atoms with E-state index in [4.69, 9.17) is 14.3 Å². The quantitative estimate of drug-likeness (QED) is 0.461. The Labute approximate surface area is 163 Å². The van der Waals surface area contributed by atoms with Crippen molar-refractivity contribution in [2.45, 2.75) is 87.0 Å². The van der Waals surface area contributed by atoms with Crippen molar-refractivity contribution >= 4 is 13.6 Å². The van der Waals surface area contributed by atoms with Crippen molar-refractivity contribution in [2.75, 3.05) is 6.61 Å². The van der Waals surface area contributed by atoms with Gasteiger partial charge in [0.1, 0.15) is 19.3 Å². The van der Waals surface area contributed by atoms with E-state index in [0.717, 1.165) is 18.3 Å². The van der Waals surface area contributed by atoms with E-state index in [1.807, 2.05) is 58.6 Å². The molecule has 0 saturated carbocycles. The van der Waals surface area contributed by atoms with Gasteiger partial charge in [0.25, 0.3) is 0 Å². The summed E-state index contributed by atoms with van der Waals surface area (Å²) in [6, 6.07) is 8.06. The van der Waals surface area contributed by atoms with Gasteiger partial charge < -0.3 is 14.3 Å². The van der Waals surface area contributed by atoms with Gasteiger partial charge in [-0.2, -0.15) is 0 Å². The summed E-state index contributed by atoms with van der Waals surface area (Å²) >= 11 is 0. The maximum absolute atomic E-state index is 8.00. The minimum absolute atomic E-state index is 0.739. The summed E-state index contributed by atoms with van der Waals surface area (Å²) in [5, 5.41) is 0. The first-order chi connectivity index (χ1) is 12.6. The van der Waals surface area contributed by atoms with E-state index in [-0.39, 0.29) is 0 Å². The Balaban J connectivity index is -0.000000144. The van der Waals surface area contributed by atoms with Gasteiger partial charge in [-0.05, 0) is 31.9 Å².